The van der Waals surface area contributed by atoms with Crippen LogP contribution < -0.4 is 9.57 Å². The van der Waals surface area contributed by atoms with Gasteiger partial charge in [0.05, 0.1) is 0 Å². The topological polar surface area (TPSA) is 13.1 Å². The lowest BCUT2D eigenvalue weighted by Crippen LogP contribution is -2.39. The largest absolute Gasteiger partial charge is 0.275 e. The number of aromatic nitrogens is 1. The average molecular weight is 176 g/mol. The minimum atomic E-state index is 1.04. The van der Waals surface area contributed by atoms with Gasteiger partial charge in [-0.15, -0.1) is 0 Å². The molecular formula is C11H14NO+. The standard InChI is InChI=1S/C11H14NO/c1-10(2)4-5-11-6-8-12(13-3)9-7-11/h4-9H,1H2,2-3H3/q+1/b5-4+. The van der Waals surface area contributed by atoms with Gasteiger partial charge in [-0.1, -0.05) is 24.3 Å². The van der Waals surface area contributed by atoms with Crippen LogP contribution in [-0.2, 0) is 0 Å². The molecule has 0 saturated heterocycles. The summed E-state index contributed by atoms with van der Waals surface area (Å²) in [6, 6.07) is 3.95. The summed E-state index contributed by atoms with van der Waals surface area (Å²) in [5, 5.41) is 0. The second-order valence-electron chi connectivity index (χ2n) is 2.85. The zero-order valence-corrected chi connectivity index (χ0v) is 8.03. The predicted molar refractivity (Wildman–Crippen MR) is 53.0 cm³/mol. The summed E-state index contributed by atoms with van der Waals surface area (Å²) in [5.74, 6) is 0. The molecule has 0 saturated carbocycles. The zero-order chi connectivity index (χ0) is 9.68. The first kappa shape index (κ1) is 9.52. The smallest absolute Gasteiger partial charge is 0.223 e. The number of pyridine rings is 1. The highest BCUT2D eigenvalue weighted by Gasteiger charge is 1.95. The third-order valence-corrected chi connectivity index (χ3v) is 1.60. The van der Waals surface area contributed by atoms with E-state index in [-0.39, 0.29) is 0 Å². The highest BCUT2D eigenvalue weighted by molar-refractivity contribution is 5.50. The number of hydrogen-bond donors (Lipinski definition) is 0. The summed E-state index contributed by atoms with van der Waals surface area (Å²) in [4.78, 5) is 4.97. The highest BCUT2D eigenvalue weighted by atomic mass is 16.6. The molecule has 0 aliphatic heterocycles. The summed E-state index contributed by atoms with van der Waals surface area (Å²) >= 11 is 0. The number of hydrogen-bond acceptors (Lipinski definition) is 1. The molecule has 0 aliphatic rings. The average Bonchev–Trinajstić information content (AvgIpc) is 2.15. The van der Waals surface area contributed by atoms with Crippen LogP contribution in [0.25, 0.3) is 6.08 Å². The van der Waals surface area contributed by atoms with E-state index in [1.807, 2.05) is 43.6 Å². The molecule has 0 amide bonds. The normalized spacial score (nSPS) is 10.3. The first-order chi connectivity index (χ1) is 6.22. The van der Waals surface area contributed by atoms with Crippen LogP contribution in [0, 0.1) is 0 Å². The van der Waals surface area contributed by atoms with Crippen molar-refractivity contribution in [3.8, 4) is 0 Å². The van der Waals surface area contributed by atoms with E-state index in [0.29, 0.717) is 0 Å². The molecule has 0 aliphatic carbocycles. The van der Waals surface area contributed by atoms with Gasteiger partial charge >= 0.3 is 0 Å². The van der Waals surface area contributed by atoms with Gasteiger partial charge in [0, 0.05) is 16.9 Å². The van der Waals surface area contributed by atoms with E-state index in [1.165, 1.54) is 0 Å². The van der Waals surface area contributed by atoms with Gasteiger partial charge in [-0.3, -0.25) is 4.84 Å². The molecule has 0 radical (unpaired) electrons. The van der Waals surface area contributed by atoms with E-state index in [9.17, 15) is 0 Å². The van der Waals surface area contributed by atoms with Crippen LogP contribution in [0.4, 0.5) is 0 Å². The lowest BCUT2D eigenvalue weighted by Gasteiger charge is -1.92. The van der Waals surface area contributed by atoms with Gasteiger partial charge in [-0.2, -0.15) is 0 Å². The molecule has 0 unspecified atom stereocenters. The maximum atomic E-state index is 4.97. The van der Waals surface area contributed by atoms with Gasteiger partial charge in [-0.05, 0) is 12.5 Å². The summed E-state index contributed by atoms with van der Waals surface area (Å²) in [7, 11) is 1.63. The number of rotatable bonds is 3. The Kier molecular flexibility index (Phi) is 3.26. The highest BCUT2D eigenvalue weighted by Crippen LogP contribution is 2.00. The minimum absolute atomic E-state index is 1.04. The molecule has 0 atom stereocenters. The van der Waals surface area contributed by atoms with E-state index >= 15 is 0 Å². The Bertz CT molecular complexity index is 311. The van der Waals surface area contributed by atoms with Crippen LogP contribution in [0.2, 0.25) is 0 Å². The van der Waals surface area contributed by atoms with Crippen LogP contribution in [0.5, 0.6) is 0 Å². The van der Waals surface area contributed by atoms with Crippen LogP contribution in [0.15, 0.2) is 42.8 Å². The number of allylic oxidation sites excluding steroid dienone is 2. The SMILES string of the molecule is C=C(C)/C=C/c1cc[n+](OC)cc1. The molecule has 1 rings (SSSR count). The minimum Gasteiger partial charge on any atom is -0.275 e. The van der Waals surface area contributed by atoms with Crippen molar-refractivity contribution in [2.75, 3.05) is 7.11 Å². The van der Waals surface area contributed by atoms with Crippen LogP contribution in [0.1, 0.15) is 12.5 Å². The Morgan fingerprint density at radius 3 is 2.54 bits per heavy atom. The molecule has 2 nitrogen and oxygen atoms in total. The molecule has 0 spiro atoms. The van der Waals surface area contributed by atoms with Crippen molar-refractivity contribution in [2.45, 2.75) is 6.92 Å². The van der Waals surface area contributed by atoms with Crippen molar-refractivity contribution < 1.29 is 9.57 Å². The van der Waals surface area contributed by atoms with E-state index in [1.54, 1.807) is 11.8 Å². The Morgan fingerprint density at radius 1 is 1.46 bits per heavy atom. The molecule has 0 aromatic carbocycles. The molecule has 0 fully saturated rings. The van der Waals surface area contributed by atoms with Crippen molar-refractivity contribution >= 4 is 6.08 Å². The van der Waals surface area contributed by atoms with Crippen molar-refractivity contribution in [1.82, 2.24) is 0 Å². The van der Waals surface area contributed by atoms with E-state index < -0.39 is 0 Å². The third-order valence-electron chi connectivity index (χ3n) is 1.60. The molecule has 68 valence electrons. The second kappa shape index (κ2) is 4.45. The Hall–Kier alpha value is -1.57. The molecule has 1 heterocycles. The second-order valence-corrected chi connectivity index (χ2v) is 2.85. The first-order valence-corrected chi connectivity index (χ1v) is 4.12. The quantitative estimate of drug-likeness (QED) is 0.504. The molecule has 1 aromatic heterocycles. The van der Waals surface area contributed by atoms with Crippen LogP contribution in [0.3, 0.4) is 0 Å². The van der Waals surface area contributed by atoms with Gasteiger partial charge in [0.15, 0.2) is 0 Å². The van der Waals surface area contributed by atoms with Crippen molar-refractivity contribution in [3.63, 3.8) is 0 Å². The fourth-order valence-electron chi connectivity index (χ4n) is 0.896. The fourth-order valence-corrected chi connectivity index (χ4v) is 0.896. The number of nitrogens with zero attached hydrogens (tertiary/aromatic N) is 1. The third kappa shape index (κ3) is 3.11. The molecule has 0 bridgehead atoms. The molecule has 1 aromatic rings. The summed E-state index contributed by atoms with van der Waals surface area (Å²) < 4.78 is 1.64. The Labute approximate surface area is 78.7 Å². The van der Waals surface area contributed by atoms with Crippen LogP contribution >= 0.6 is 0 Å². The van der Waals surface area contributed by atoms with E-state index in [4.69, 9.17) is 4.84 Å². The van der Waals surface area contributed by atoms with Gasteiger partial charge in [-0.25, -0.2) is 0 Å². The summed E-state index contributed by atoms with van der Waals surface area (Å²) in [5.41, 5.74) is 2.18. The zero-order valence-electron chi connectivity index (χ0n) is 8.03. The van der Waals surface area contributed by atoms with E-state index in [2.05, 4.69) is 6.58 Å². The maximum Gasteiger partial charge on any atom is 0.223 e. The fraction of sp³-hybridized carbons (Fsp3) is 0.182. The van der Waals surface area contributed by atoms with Gasteiger partial charge < -0.3 is 0 Å². The lowest BCUT2D eigenvalue weighted by molar-refractivity contribution is -0.885. The maximum absolute atomic E-state index is 4.97. The Morgan fingerprint density at radius 2 is 2.08 bits per heavy atom. The van der Waals surface area contributed by atoms with Crippen molar-refractivity contribution in [2.24, 2.45) is 0 Å². The molecule has 2 heteroatoms. The van der Waals surface area contributed by atoms with Gasteiger partial charge in [0.25, 0.3) is 0 Å². The Balaban J connectivity index is 2.75. The lowest BCUT2D eigenvalue weighted by atomic mass is 10.2. The van der Waals surface area contributed by atoms with Crippen molar-refractivity contribution in [1.29, 1.82) is 0 Å². The van der Waals surface area contributed by atoms with E-state index in [0.717, 1.165) is 11.1 Å². The molecular weight excluding hydrogens is 162 g/mol. The summed E-state index contributed by atoms with van der Waals surface area (Å²) in [6.07, 6.45) is 7.71. The van der Waals surface area contributed by atoms with Gasteiger partial charge in [0.1, 0.15) is 7.11 Å². The van der Waals surface area contributed by atoms with Crippen molar-refractivity contribution in [3.05, 3.63) is 48.3 Å². The van der Waals surface area contributed by atoms with Gasteiger partial charge in [0.2, 0.25) is 12.4 Å². The first-order valence-electron chi connectivity index (χ1n) is 4.12. The molecule has 0 N–H and O–H groups in total. The molecule has 13 heavy (non-hydrogen) atoms. The van der Waals surface area contributed by atoms with Crippen LogP contribution in [-0.4, -0.2) is 7.11 Å². The predicted octanol–water partition coefficient (Wildman–Crippen LogP) is 1.62. The monoisotopic (exact) mass is 176 g/mol. The summed E-state index contributed by atoms with van der Waals surface area (Å²) in [6.45, 7) is 5.75.